The molecule has 0 spiro atoms. The van der Waals surface area contributed by atoms with Crippen LogP contribution in [0.5, 0.6) is 5.75 Å². The van der Waals surface area contributed by atoms with Crippen molar-refractivity contribution in [2.45, 2.75) is 31.0 Å². The summed E-state index contributed by atoms with van der Waals surface area (Å²) in [7, 11) is 0. The lowest BCUT2D eigenvalue weighted by molar-refractivity contribution is 0.275. The molecule has 26 heavy (non-hydrogen) atoms. The predicted octanol–water partition coefficient (Wildman–Crippen LogP) is 4.78. The van der Waals surface area contributed by atoms with Gasteiger partial charge < -0.3 is 4.74 Å². The number of thioether (sulfide) groups is 1. The number of nitrogens with zero attached hydrogens (tertiary/aromatic N) is 3. The molecule has 0 saturated carbocycles. The summed E-state index contributed by atoms with van der Waals surface area (Å²) in [5.41, 5.74) is 2.46. The third kappa shape index (κ3) is 4.52. The molecule has 3 rings (SSSR count). The lowest BCUT2D eigenvalue weighted by Crippen LogP contribution is -2.08. The van der Waals surface area contributed by atoms with E-state index in [1.807, 2.05) is 10.6 Å². The van der Waals surface area contributed by atoms with Crippen LogP contribution in [0.15, 0.2) is 66.3 Å². The van der Waals surface area contributed by atoms with E-state index < -0.39 is 5.82 Å². The molecule has 0 bridgehead atoms. The molecule has 0 saturated heterocycles. The smallest absolute Gasteiger partial charge is 0.191 e. The minimum Gasteiger partial charge on any atom is -0.483 e. The van der Waals surface area contributed by atoms with E-state index in [0.717, 1.165) is 10.9 Å². The van der Waals surface area contributed by atoms with Gasteiger partial charge in [-0.15, -0.1) is 16.8 Å². The maximum Gasteiger partial charge on any atom is 0.191 e. The molecule has 0 fully saturated rings. The number of aromatic nitrogens is 3. The van der Waals surface area contributed by atoms with Crippen LogP contribution in [-0.2, 0) is 18.9 Å². The fraction of sp³-hybridized carbons (Fsp3) is 0.200. The second-order valence-electron chi connectivity index (χ2n) is 5.79. The Morgan fingerprint density at radius 2 is 2.04 bits per heavy atom. The van der Waals surface area contributed by atoms with Crippen molar-refractivity contribution in [2.75, 3.05) is 0 Å². The molecule has 0 N–H and O–H groups in total. The van der Waals surface area contributed by atoms with Crippen LogP contribution in [0.1, 0.15) is 17.0 Å². The average Bonchev–Trinajstić information content (AvgIpc) is 3.02. The highest BCUT2D eigenvalue weighted by Gasteiger charge is 2.13. The number of hydrogen-bond donors (Lipinski definition) is 0. The van der Waals surface area contributed by atoms with E-state index in [9.17, 15) is 4.39 Å². The van der Waals surface area contributed by atoms with Crippen molar-refractivity contribution in [3.05, 3.63) is 84.0 Å². The fourth-order valence-electron chi connectivity index (χ4n) is 2.50. The van der Waals surface area contributed by atoms with Crippen molar-refractivity contribution in [1.82, 2.24) is 14.8 Å². The molecule has 1 aromatic heterocycles. The van der Waals surface area contributed by atoms with Gasteiger partial charge >= 0.3 is 0 Å². The third-order valence-corrected chi connectivity index (χ3v) is 4.79. The number of allylic oxidation sites excluding steroid dienone is 1. The summed E-state index contributed by atoms with van der Waals surface area (Å²) in [6.45, 7) is 6.58. The summed E-state index contributed by atoms with van der Waals surface area (Å²) in [6.07, 6.45) is 1.78. The van der Waals surface area contributed by atoms with Crippen LogP contribution in [0.25, 0.3) is 0 Å². The number of rotatable bonds is 8. The Kier molecular flexibility index (Phi) is 6.07. The van der Waals surface area contributed by atoms with Crippen LogP contribution in [-0.4, -0.2) is 14.8 Å². The molecule has 0 aliphatic rings. The molecule has 2 aromatic carbocycles. The van der Waals surface area contributed by atoms with E-state index in [1.165, 1.54) is 17.2 Å². The summed E-state index contributed by atoms with van der Waals surface area (Å²) < 4.78 is 21.2. The second kappa shape index (κ2) is 8.67. The van der Waals surface area contributed by atoms with E-state index >= 15 is 0 Å². The Balaban J connectivity index is 1.71. The molecule has 3 aromatic rings. The van der Waals surface area contributed by atoms with Gasteiger partial charge in [-0.05, 0) is 24.6 Å². The van der Waals surface area contributed by atoms with Gasteiger partial charge in [0.1, 0.15) is 6.61 Å². The topological polar surface area (TPSA) is 39.9 Å². The van der Waals surface area contributed by atoms with Gasteiger partial charge in [-0.1, -0.05) is 59.8 Å². The highest BCUT2D eigenvalue weighted by Crippen LogP contribution is 2.23. The Morgan fingerprint density at radius 1 is 1.19 bits per heavy atom. The van der Waals surface area contributed by atoms with Crippen molar-refractivity contribution < 1.29 is 9.13 Å². The third-order valence-electron chi connectivity index (χ3n) is 3.75. The Bertz CT molecular complexity index is 894. The zero-order valence-corrected chi connectivity index (χ0v) is 15.4. The standard InChI is InChI=1S/C20H20FN3OS/c1-3-11-24-19(13-25-18-10-5-4-9-17(18)21)22-23-20(24)26-14-16-8-6-7-15(2)12-16/h3-10,12H,1,11,13-14H2,2H3. The van der Waals surface area contributed by atoms with Crippen molar-refractivity contribution >= 4 is 11.8 Å². The largest absolute Gasteiger partial charge is 0.483 e. The maximum absolute atomic E-state index is 13.7. The number of para-hydroxylation sites is 1. The molecule has 0 amide bonds. The summed E-state index contributed by atoms with van der Waals surface area (Å²) >= 11 is 1.61. The quantitative estimate of drug-likeness (QED) is 0.423. The van der Waals surface area contributed by atoms with Crippen LogP contribution in [0.3, 0.4) is 0 Å². The first kappa shape index (κ1) is 18.2. The highest BCUT2D eigenvalue weighted by atomic mass is 32.2. The lowest BCUT2D eigenvalue weighted by atomic mass is 10.2. The number of halogens is 1. The van der Waals surface area contributed by atoms with Gasteiger partial charge in [-0.2, -0.15) is 0 Å². The molecular formula is C20H20FN3OS. The minimum atomic E-state index is -0.392. The fourth-order valence-corrected chi connectivity index (χ4v) is 3.41. The van der Waals surface area contributed by atoms with E-state index in [0.29, 0.717) is 12.4 Å². The first-order chi connectivity index (χ1) is 12.7. The Hall–Kier alpha value is -2.60. The Labute approximate surface area is 156 Å². The van der Waals surface area contributed by atoms with Crippen molar-refractivity contribution in [2.24, 2.45) is 0 Å². The van der Waals surface area contributed by atoms with E-state index in [4.69, 9.17) is 4.74 Å². The molecule has 134 valence electrons. The molecule has 0 radical (unpaired) electrons. The summed E-state index contributed by atoms with van der Waals surface area (Å²) in [4.78, 5) is 0. The molecule has 0 aliphatic heterocycles. The van der Waals surface area contributed by atoms with Gasteiger partial charge in [-0.25, -0.2) is 4.39 Å². The number of benzene rings is 2. The summed E-state index contributed by atoms with van der Waals surface area (Å²) in [6, 6.07) is 14.7. The molecule has 1 heterocycles. The van der Waals surface area contributed by atoms with Crippen LogP contribution < -0.4 is 4.74 Å². The van der Waals surface area contributed by atoms with Gasteiger partial charge in [0.2, 0.25) is 0 Å². The zero-order chi connectivity index (χ0) is 18.4. The summed E-state index contributed by atoms with van der Waals surface area (Å²) in [5, 5.41) is 9.26. The Morgan fingerprint density at radius 3 is 2.81 bits per heavy atom. The second-order valence-corrected chi connectivity index (χ2v) is 6.74. The van der Waals surface area contributed by atoms with Gasteiger partial charge in [0.05, 0.1) is 0 Å². The first-order valence-electron chi connectivity index (χ1n) is 8.26. The minimum absolute atomic E-state index is 0.146. The first-order valence-corrected chi connectivity index (χ1v) is 9.24. The van der Waals surface area contributed by atoms with Gasteiger partial charge in [-0.3, -0.25) is 4.57 Å². The summed E-state index contributed by atoms with van der Waals surface area (Å²) in [5.74, 6) is 1.25. The van der Waals surface area contributed by atoms with E-state index in [1.54, 1.807) is 36.0 Å². The van der Waals surface area contributed by atoms with E-state index in [2.05, 4.69) is 41.9 Å². The van der Waals surface area contributed by atoms with Crippen molar-refractivity contribution in [1.29, 1.82) is 0 Å². The van der Waals surface area contributed by atoms with Crippen LogP contribution in [0.2, 0.25) is 0 Å². The monoisotopic (exact) mass is 369 g/mol. The molecule has 0 unspecified atom stereocenters. The zero-order valence-electron chi connectivity index (χ0n) is 14.6. The maximum atomic E-state index is 13.7. The van der Waals surface area contributed by atoms with Crippen molar-refractivity contribution in [3.8, 4) is 5.75 Å². The highest BCUT2D eigenvalue weighted by molar-refractivity contribution is 7.98. The number of hydrogen-bond acceptors (Lipinski definition) is 4. The SMILES string of the molecule is C=CCn1c(COc2ccccc2F)nnc1SCc1cccc(C)c1. The molecule has 4 nitrogen and oxygen atoms in total. The number of aryl methyl sites for hydroxylation is 1. The number of ether oxygens (including phenoxy) is 1. The predicted molar refractivity (Wildman–Crippen MR) is 102 cm³/mol. The van der Waals surface area contributed by atoms with Gasteiger partial charge in [0.15, 0.2) is 22.5 Å². The van der Waals surface area contributed by atoms with Crippen LogP contribution in [0.4, 0.5) is 4.39 Å². The molecule has 6 heteroatoms. The van der Waals surface area contributed by atoms with Crippen LogP contribution in [0, 0.1) is 12.7 Å². The van der Waals surface area contributed by atoms with Gasteiger partial charge in [0.25, 0.3) is 0 Å². The molecular weight excluding hydrogens is 349 g/mol. The van der Waals surface area contributed by atoms with Crippen LogP contribution >= 0.6 is 11.8 Å². The lowest BCUT2D eigenvalue weighted by Gasteiger charge is -2.09. The van der Waals surface area contributed by atoms with E-state index in [-0.39, 0.29) is 12.4 Å². The normalized spacial score (nSPS) is 10.7. The molecule has 0 aliphatic carbocycles. The van der Waals surface area contributed by atoms with Crippen molar-refractivity contribution in [3.63, 3.8) is 0 Å². The average molecular weight is 369 g/mol. The molecule has 0 atom stereocenters. The van der Waals surface area contributed by atoms with Gasteiger partial charge in [0, 0.05) is 12.3 Å².